The van der Waals surface area contributed by atoms with E-state index in [4.69, 9.17) is 16.6 Å². The molecule has 0 fully saturated rings. The van der Waals surface area contributed by atoms with Crippen LogP contribution in [0, 0.1) is 5.21 Å². The number of hydrogen-bond acceptors (Lipinski definition) is 5. The van der Waals surface area contributed by atoms with Crippen LogP contribution in [0.15, 0.2) is 4.42 Å². The minimum Gasteiger partial charge on any atom is -0.706 e. The molecular weight excluding hydrogens is 126 g/mol. The molecule has 0 amide bonds. The number of nitrogen functional groups attached to an aromatic ring is 2. The molecule has 6 heteroatoms. The summed E-state index contributed by atoms with van der Waals surface area (Å²) in [5.41, 5.74) is 9.81. The summed E-state index contributed by atoms with van der Waals surface area (Å²) in [5.74, 6) is -1.07. The Morgan fingerprint density at radius 3 is 2.22 bits per heavy atom. The summed E-state index contributed by atoms with van der Waals surface area (Å²) in [6.07, 6.45) is 0. The summed E-state index contributed by atoms with van der Waals surface area (Å²) in [6.45, 7) is 0. The SMILES string of the molecule is Nc1oc(N)[n+]([O-])c1O. The largest absolute Gasteiger partial charge is 0.706 e. The van der Waals surface area contributed by atoms with Crippen molar-refractivity contribution < 1.29 is 14.3 Å². The van der Waals surface area contributed by atoms with Gasteiger partial charge in [0.1, 0.15) is 0 Å². The van der Waals surface area contributed by atoms with Gasteiger partial charge in [0.05, 0.1) is 0 Å². The first-order valence-corrected chi connectivity index (χ1v) is 2.09. The third kappa shape index (κ3) is 0.600. The van der Waals surface area contributed by atoms with E-state index in [0.29, 0.717) is 0 Å². The lowest BCUT2D eigenvalue weighted by Crippen LogP contribution is -2.27. The van der Waals surface area contributed by atoms with Crippen molar-refractivity contribution in [2.45, 2.75) is 0 Å². The van der Waals surface area contributed by atoms with Gasteiger partial charge in [-0.05, 0) is 0 Å². The predicted octanol–water partition coefficient (Wildman–Crippen LogP) is -1.22. The van der Waals surface area contributed by atoms with Crippen LogP contribution in [0.3, 0.4) is 0 Å². The number of oxazole rings is 1. The maximum Gasteiger partial charge on any atom is 0.460 e. The van der Waals surface area contributed by atoms with E-state index in [1.165, 1.54) is 0 Å². The number of nitrogens with two attached hydrogens (primary N) is 2. The Bertz CT molecular complexity index is 208. The highest BCUT2D eigenvalue weighted by atomic mass is 16.5. The first kappa shape index (κ1) is 5.54. The van der Waals surface area contributed by atoms with Crippen molar-refractivity contribution in [3.63, 3.8) is 0 Å². The second-order valence-electron chi connectivity index (χ2n) is 1.42. The van der Waals surface area contributed by atoms with Crippen LogP contribution in [0.25, 0.3) is 0 Å². The molecule has 0 spiro atoms. The van der Waals surface area contributed by atoms with Crippen LogP contribution < -0.4 is 16.2 Å². The van der Waals surface area contributed by atoms with Crippen LogP contribution in [-0.2, 0) is 0 Å². The van der Waals surface area contributed by atoms with Gasteiger partial charge in [0.15, 0.2) is 0 Å². The topological polar surface area (TPSA) is 112 Å². The molecule has 50 valence electrons. The van der Waals surface area contributed by atoms with E-state index >= 15 is 0 Å². The summed E-state index contributed by atoms with van der Waals surface area (Å²) in [6, 6.07) is -0.468. The zero-order chi connectivity index (χ0) is 7.02. The van der Waals surface area contributed by atoms with Crippen LogP contribution in [0.4, 0.5) is 11.9 Å². The molecule has 0 aliphatic rings. The lowest BCUT2D eigenvalue weighted by Gasteiger charge is -1.93. The first-order chi connectivity index (χ1) is 4.13. The number of rotatable bonds is 0. The number of aromatic hydroxyl groups is 1. The number of hydrogen-bond donors (Lipinski definition) is 3. The highest BCUT2D eigenvalue weighted by Crippen LogP contribution is 2.17. The van der Waals surface area contributed by atoms with E-state index in [-0.39, 0.29) is 10.6 Å². The highest BCUT2D eigenvalue weighted by molar-refractivity contribution is 5.34. The fourth-order valence-electron chi connectivity index (χ4n) is 0.404. The average Bonchev–Trinajstić information content (AvgIpc) is 1.98. The van der Waals surface area contributed by atoms with Crippen molar-refractivity contribution >= 4 is 11.9 Å². The normalized spacial score (nSPS) is 9.78. The molecule has 0 unspecified atom stereocenters. The summed E-state index contributed by atoms with van der Waals surface area (Å²) in [7, 11) is 0. The Kier molecular flexibility index (Phi) is 0.888. The van der Waals surface area contributed by atoms with Crippen molar-refractivity contribution in [1.82, 2.24) is 0 Å². The number of nitrogens with zero attached hydrogens (tertiary/aromatic N) is 1. The molecule has 0 aliphatic heterocycles. The van der Waals surface area contributed by atoms with Gasteiger partial charge in [0, 0.05) is 0 Å². The average molecular weight is 131 g/mol. The third-order valence-electron chi connectivity index (χ3n) is 0.827. The van der Waals surface area contributed by atoms with Gasteiger partial charge in [-0.1, -0.05) is 0 Å². The molecule has 1 rings (SSSR count). The van der Waals surface area contributed by atoms with Gasteiger partial charge in [0.2, 0.25) is 0 Å². The van der Waals surface area contributed by atoms with Crippen LogP contribution in [-0.4, -0.2) is 5.11 Å². The zero-order valence-electron chi connectivity index (χ0n) is 4.37. The van der Waals surface area contributed by atoms with Crippen molar-refractivity contribution in [2.24, 2.45) is 0 Å². The molecule has 9 heavy (non-hydrogen) atoms. The number of aromatic nitrogens is 1. The molecule has 0 atom stereocenters. The molecular formula is C3H5N3O3. The smallest absolute Gasteiger partial charge is 0.460 e. The van der Waals surface area contributed by atoms with Crippen molar-refractivity contribution in [3.05, 3.63) is 5.21 Å². The van der Waals surface area contributed by atoms with Crippen molar-refractivity contribution in [3.8, 4) is 5.88 Å². The third-order valence-corrected chi connectivity index (χ3v) is 0.827. The van der Waals surface area contributed by atoms with Crippen LogP contribution in [0.1, 0.15) is 0 Å². The summed E-state index contributed by atoms with van der Waals surface area (Å²) in [5, 5.41) is 18.9. The maximum absolute atomic E-state index is 10.4. The van der Waals surface area contributed by atoms with Crippen LogP contribution in [0.5, 0.6) is 5.88 Å². The van der Waals surface area contributed by atoms with E-state index < -0.39 is 11.9 Å². The van der Waals surface area contributed by atoms with Gasteiger partial charge in [-0.15, -0.1) is 0 Å². The van der Waals surface area contributed by atoms with Gasteiger partial charge >= 0.3 is 11.9 Å². The van der Waals surface area contributed by atoms with Crippen molar-refractivity contribution in [1.29, 1.82) is 0 Å². The Labute approximate surface area is 49.9 Å². The Morgan fingerprint density at radius 1 is 1.56 bits per heavy atom. The fraction of sp³-hybridized carbons (Fsp3) is 0. The monoisotopic (exact) mass is 131 g/mol. The number of anilines is 2. The quantitative estimate of drug-likeness (QED) is 0.302. The van der Waals surface area contributed by atoms with Crippen LogP contribution in [0.2, 0.25) is 0 Å². The standard InChI is InChI=1S/C3H5N3O3/c4-1-2(7)6(8)3(5)9-1/h7H,4-5H2. The molecule has 0 aliphatic carbocycles. The predicted molar refractivity (Wildman–Crippen MR) is 28.2 cm³/mol. The summed E-state index contributed by atoms with van der Waals surface area (Å²) >= 11 is 0. The molecule has 1 heterocycles. The van der Waals surface area contributed by atoms with Gasteiger partial charge in [-0.3, -0.25) is 5.73 Å². The van der Waals surface area contributed by atoms with Crippen molar-refractivity contribution in [2.75, 3.05) is 11.5 Å². The lowest BCUT2D eigenvalue weighted by atomic mass is 10.8. The lowest BCUT2D eigenvalue weighted by molar-refractivity contribution is -0.599. The van der Waals surface area contributed by atoms with Gasteiger partial charge < -0.3 is 20.5 Å². The van der Waals surface area contributed by atoms with Crippen LogP contribution >= 0.6 is 0 Å². The molecule has 0 bridgehead atoms. The van der Waals surface area contributed by atoms with E-state index in [2.05, 4.69) is 4.42 Å². The Morgan fingerprint density at radius 2 is 2.11 bits per heavy atom. The van der Waals surface area contributed by atoms with Gasteiger partial charge in [-0.2, -0.15) is 4.73 Å². The van der Waals surface area contributed by atoms with Gasteiger partial charge in [0.25, 0.3) is 5.88 Å². The molecule has 0 radical (unpaired) electrons. The fourth-order valence-corrected chi connectivity index (χ4v) is 0.404. The Balaban J connectivity index is 3.29. The van der Waals surface area contributed by atoms with E-state index in [0.717, 1.165) is 0 Å². The highest BCUT2D eigenvalue weighted by Gasteiger charge is 2.13. The minimum atomic E-state index is -0.701. The second-order valence-corrected chi connectivity index (χ2v) is 1.42. The first-order valence-electron chi connectivity index (χ1n) is 2.09. The summed E-state index contributed by atoms with van der Waals surface area (Å²) in [4.78, 5) is 0. The maximum atomic E-state index is 10.4. The van der Waals surface area contributed by atoms with Gasteiger partial charge in [-0.25, -0.2) is 0 Å². The molecule has 5 N–H and O–H groups in total. The minimum absolute atomic E-state index is 0.00463. The molecule has 1 aromatic rings. The van der Waals surface area contributed by atoms with E-state index in [1.54, 1.807) is 0 Å². The molecule has 6 nitrogen and oxygen atoms in total. The van der Waals surface area contributed by atoms with E-state index in [1.807, 2.05) is 0 Å². The zero-order valence-corrected chi connectivity index (χ0v) is 4.37. The molecule has 0 saturated heterocycles. The summed E-state index contributed by atoms with van der Waals surface area (Å²) < 4.78 is 4.30. The van der Waals surface area contributed by atoms with E-state index in [9.17, 15) is 5.21 Å². The Hall–Kier alpha value is -1.59. The molecule has 1 aromatic heterocycles. The second kappa shape index (κ2) is 1.44. The molecule has 0 aromatic carbocycles. The molecule has 0 saturated carbocycles.